The van der Waals surface area contributed by atoms with Crippen LogP contribution in [0, 0.1) is 5.82 Å². The van der Waals surface area contributed by atoms with E-state index in [1.807, 2.05) is 18.7 Å². The summed E-state index contributed by atoms with van der Waals surface area (Å²) in [5, 5.41) is 10.6. The first kappa shape index (κ1) is 27.7. The van der Waals surface area contributed by atoms with E-state index in [0.717, 1.165) is 0 Å². The Morgan fingerprint density at radius 3 is 2.68 bits per heavy atom. The van der Waals surface area contributed by atoms with E-state index in [0.29, 0.717) is 32.7 Å². The average Bonchev–Trinajstić information content (AvgIpc) is 3.14. The predicted molar refractivity (Wildman–Crippen MR) is 149 cm³/mol. The Hall–Kier alpha value is -3.41. The van der Waals surface area contributed by atoms with Crippen LogP contribution in [0.2, 0.25) is 5.02 Å². The molecule has 2 aromatic rings. The molecule has 1 aromatic heterocycles. The Morgan fingerprint density at radius 2 is 2.00 bits per heavy atom. The zero-order chi connectivity index (χ0) is 29.1. The van der Waals surface area contributed by atoms with Crippen molar-refractivity contribution in [2.45, 2.75) is 44.1 Å². The summed E-state index contributed by atoms with van der Waals surface area (Å²) in [5.74, 6) is -1.27. The Bertz CT molecular complexity index is 1400. The number of phenols is 1. The number of ether oxygens (including phenoxy) is 3. The molecule has 0 bridgehead atoms. The van der Waals surface area contributed by atoms with Crippen molar-refractivity contribution >= 4 is 29.2 Å². The molecule has 1 unspecified atom stereocenters. The minimum atomic E-state index is -0.715. The number of piperazine rings is 1. The second kappa shape index (κ2) is 10.5. The van der Waals surface area contributed by atoms with Crippen molar-refractivity contribution in [2.75, 3.05) is 50.9 Å². The lowest BCUT2D eigenvalue weighted by atomic mass is 9.99. The van der Waals surface area contributed by atoms with E-state index >= 15 is 4.39 Å². The van der Waals surface area contributed by atoms with E-state index in [1.165, 1.54) is 24.3 Å². The number of rotatable bonds is 5. The number of hydrogen-bond acceptors (Lipinski definition) is 8. The minimum absolute atomic E-state index is 0.0114. The fourth-order valence-electron chi connectivity index (χ4n) is 6.10. The first-order valence-electron chi connectivity index (χ1n) is 13.7. The molecule has 4 aliphatic heterocycles. The Kier molecular flexibility index (Phi) is 7.07. The van der Waals surface area contributed by atoms with Gasteiger partial charge in [0.2, 0.25) is 5.91 Å². The van der Waals surface area contributed by atoms with Gasteiger partial charge >= 0.3 is 0 Å². The predicted octanol–water partition coefficient (Wildman–Crippen LogP) is 3.25. The first-order valence-corrected chi connectivity index (χ1v) is 14.0. The molecule has 3 saturated heterocycles. The van der Waals surface area contributed by atoms with Gasteiger partial charge in [0.15, 0.2) is 5.75 Å². The molecule has 0 aliphatic carbocycles. The van der Waals surface area contributed by atoms with Gasteiger partial charge in [-0.1, -0.05) is 24.2 Å². The van der Waals surface area contributed by atoms with Gasteiger partial charge < -0.3 is 34.0 Å². The summed E-state index contributed by atoms with van der Waals surface area (Å²) in [7, 11) is 0. The summed E-state index contributed by atoms with van der Waals surface area (Å²) in [4.78, 5) is 36.7. The molecule has 12 heteroatoms. The van der Waals surface area contributed by atoms with Gasteiger partial charge in [-0.25, -0.2) is 9.37 Å². The number of carbonyl (C=O) groups is 2. The zero-order valence-electron chi connectivity index (χ0n) is 22.9. The fraction of sp³-hybridized carbons (Fsp3) is 0.483. The third kappa shape index (κ3) is 4.79. The molecule has 1 N–H and O–H groups in total. The minimum Gasteiger partial charge on any atom is -0.507 e. The highest BCUT2D eigenvalue weighted by molar-refractivity contribution is 6.35. The van der Waals surface area contributed by atoms with E-state index in [1.54, 1.807) is 9.80 Å². The second-order valence-corrected chi connectivity index (χ2v) is 11.8. The summed E-state index contributed by atoms with van der Waals surface area (Å²) >= 11 is 6.84. The molecule has 41 heavy (non-hydrogen) atoms. The van der Waals surface area contributed by atoms with Crippen molar-refractivity contribution in [1.29, 1.82) is 0 Å². The number of anilines is 1. The molecule has 1 aromatic carbocycles. The third-order valence-corrected chi connectivity index (χ3v) is 8.61. The summed E-state index contributed by atoms with van der Waals surface area (Å²) in [5.41, 5.74) is -0.542. The highest BCUT2D eigenvalue weighted by Crippen LogP contribution is 2.48. The van der Waals surface area contributed by atoms with Crippen LogP contribution in [-0.4, -0.2) is 101 Å². The second-order valence-electron chi connectivity index (χ2n) is 11.4. The van der Waals surface area contributed by atoms with Crippen LogP contribution in [0.5, 0.6) is 11.5 Å². The molecule has 0 radical (unpaired) electrons. The van der Waals surface area contributed by atoms with E-state index in [4.69, 9.17) is 30.8 Å². The third-order valence-electron chi connectivity index (χ3n) is 8.26. The summed E-state index contributed by atoms with van der Waals surface area (Å²) in [6, 6.07) is 3.50. The maximum atomic E-state index is 15.1. The largest absolute Gasteiger partial charge is 0.507 e. The first-order chi connectivity index (χ1) is 19.6. The Labute approximate surface area is 242 Å². The molecule has 0 saturated carbocycles. The number of amides is 2. The van der Waals surface area contributed by atoms with E-state index < -0.39 is 17.4 Å². The molecular formula is C29H32ClFN4O6. The van der Waals surface area contributed by atoms with Gasteiger partial charge in [-0.05, 0) is 38.5 Å². The average molecular weight is 587 g/mol. The lowest BCUT2D eigenvalue weighted by Gasteiger charge is -2.40. The van der Waals surface area contributed by atoms with Crippen LogP contribution in [0.4, 0.5) is 10.2 Å². The summed E-state index contributed by atoms with van der Waals surface area (Å²) in [6.07, 6.45) is 1.76. The fourth-order valence-corrected chi connectivity index (χ4v) is 6.38. The maximum Gasteiger partial charge on any atom is 0.261 e. The number of aromatic hydroxyl groups is 1. The van der Waals surface area contributed by atoms with Crippen molar-refractivity contribution in [1.82, 2.24) is 14.8 Å². The molecule has 0 spiro atoms. The van der Waals surface area contributed by atoms with Gasteiger partial charge in [0.25, 0.3) is 5.91 Å². The number of aromatic nitrogens is 1. The number of benzene rings is 1. The van der Waals surface area contributed by atoms with E-state index in [-0.39, 0.29) is 82.9 Å². The standard InChI is InChI=1S/C29H32ClFN4O6/c1-4-21(37)33-8-9-34-16(11-33)13-40-26-23(28(34)38)27(32-25(24(26)30)22-19(31)6-5-7-20(22)36)35-12-17(10-29(35,2)3)41-18-14-39-15-18/h4-7,16-18,36H,1,8-15H2,2-3H3/t16-,17?/m1/s1. The van der Waals surface area contributed by atoms with Gasteiger partial charge in [-0.3, -0.25) is 9.59 Å². The lowest BCUT2D eigenvalue weighted by Crippen LogP contribution is -2.57. The molecule has 5 heterocycles. The maximum absolute atomic E-state index is 15.1. The molecule has 4 aliphatic rings. The SMILES string of the molecule is C=CC(=O)N1CCN2C(=O)c3c(N4CC(OC5COC5)CC4(C)C)nc(-c4c(O)cccc4F)c(Cl)c3OC[C@H]2C1. The van der Waals surface area contributed by atoms with Crippen LogP contribution in [0.15, 0.2) is 30.9 Å². The molecule has 6 rings (SSSR count). The Balaban J connectivity index is 1.48. The lowest BCUT2D eigenvalue weighted by molar-refractivity contribution is -0.150. The quantitative estimate of drug-likeness (QED) is 0.533. The number of halogens is 2. The normalized spacial score (nSPS) is 23.8. The van der Waals surface area contributed by atoms with E-state index in [9.17, 15) is 14.7 Å². The molecule has 3 fully saturated rings. The van der Waals surface area contributed by atoms with Gasteiger partial charge in [-0.15, -0.1) is 0 Å². The van der Waals surface area contributed by atoms with Crippen molar-refractivity contribution in [3.05, 3.63) is 47.3 Å². The van der Waals surface area contributed by atoms with Crippen molar-refractivity contribution in [3.8, 4) is 22.8 Å². The van der Waals surface area contributed by atoms with E-state index in [2.05, 4.69) is 6.58 Å². The highest BCUT2D eigenvalue weighted by Gasteiger charge is 2.46. The van der Waals surface area contributed by atoms with Gasteiger partial charge in [0, 0.05) is 31.7 Å². The highest BCUT2D eigenvalue weighted by atomic mass is 35.5. The number of phenolic OH excluding ortho intramolecular Hbond substituents is 1. The summed E-state index contributed by atoms with van der Waals surface area (Å²) < 4.78 is 32.9. The Morgan fingerprint density at radius 1 is 1.22 bits per heavy atom. The molecule has 2 amide bonds. The number of nitrogens with zero attached hydrogens (tertiary/aromatic N) is 4. The van der Waals surface area contributed by atoms with Crippen LogP contribution < -0.4 is 9.64 Å². The number of pyridine rings is 1. The molecule has 2 atom stereocenters. The number of hydrogen-bond donors (Lipinski definition) is 1. The topological polar surface area (TPSA) is 105 Å². The number of carbonyl (C=O) groups excluding carboxylic acids is 2. The smallest absolute Gasteiger partial charge is 0.261 e. The molecule has 10 nitrogen and oxygen atoms in total. The van der Waals surface area contributed by atoms with Crippen LogP contribution in [0.1, 0.15) is 30.6 Å². The van der Waals surface area contributed by atoms with Crippen LogP contribution in [-0.2, 0) is 14.3 Å². The number of fused-ring (bicyclic) bond motifs is 2. The van der Waals surface area contributed by atoms with Gasteiger partial charge in [-0.2, -0.15) is 0 Å². The van der Waals surface area contributed by atoms with Crippen LogP contribution in [0.3, 0.4) is 0 Å². The van der Waals surface area contributed by atoms with Crippen LogP contribution >= 0.6 is 11.6 Å². The molecular weight excluding hydrogens is 555 g/mol. The van der Waals surface area contributed by atoms with Gasteiger partial charge in [0.05, 0.1) is 30.9 Å². The monoisotopic (exact) mass is 586 g/mol. The summed E-state index contributed by atoms with van der Waals surface area (Å²) in [6.45, 7) is 10.1. The van der Waals surface area contributed by atoms with Crippen molar-refractivity contribution in [3.63, 3.8) is 0 Å². The molecule has 218 valence electrons. The van der Waals surface area contributed by atoms with Crippen molar-refractivity contribution < 1.29 is 33.3 Å². The van der Waals surface area contributed by atoms with Crippen molar-refractivity contribution in [2.24, 2.45) is 0 Å². The van der Waals surface area contributed by atoms with Gasteiger partial charge in [0.1, 0.15) is 46.4 Å². The van der Waals surface area contributed by atoms with Crippen LogP contribution in [0.25, 0.3) is 11.3 Å². The zero-order valence-corrected chi connectivity index (χ0v) is 23.7.